The second kappa shape index (κ2) is 6.31. The molecule has 0 saturated carbocycles. The van der Waals surface area contributed by atoms with Gasteiger partial charge in [0.15, 0.2) is 0 Å². The molecule has 6 nitrogen and oxygen atoms in total. The van der Waals surface area contributed by atoms with Gasteiger partial charge in [0.1, 0.15) is 0 Å². The quantitative estimate of drug-likeness (QED) is 0.749. The molecule has 1 amide bonds. The summed E-state index contributed by atoms with van der Waals surface area (Å²) in [6.07, 6.45) is 3.59. The lowest BCUT2D eigenvalue weighted by Crippen LogP contribution is -2.22. The Balaban J connectivity index is 1.68. The minimum Gasteiger partial charge on any atom is -0.465 e. The largest absolute Gasteiger partial charge is 0.465 e. The molecule has 0 radical (unpaired) electrons. The molecule has 0 aliphatic rings. The van der Waals surface area contributed by atoms with Crippen LogP contribution in [0.1, 0.15) is 26.3 Å². The third kappa shape index (κ3) is 3.06. The Kier molecular flexibility index (Phi) is 4.05. The fourth-order valence-corrected chi connectivity index (χ4v) is 2.28. The first kappa shape index (κ1) is 14.8. The van der Waals surface area contributed by atoms with E-state index >= 15 is 0 Å². The number of hydrogen-bond acceptors (Lipinski definition) is 4. The van der Waals surface area contributed by atoms with Crippen LogP contribution in [0.3, 0.4) is 0 Å². The molecule has 0 aliphatic heterocycles. The summed E-state index contributed by atoms with van der Waals surface area (Å²) in [7, 11) is 1.32. The number of pyridine rings is 1. The van der Waals surface area contributed by atoms with E-state index in [1.54, 1.807) is 35.0 Å². The average molecular weight is 309 g/mol. The number of nitrogens with one attached hydrogen (secondary N) is 1. The minimum absolute atomic E-state index is 0.211. The van der Waals surface area contributed by atoms with Crippen molar-refractivity contribution in [3.63, 3.8) is 0 Å². The van der Waals surface area contributed by atoms with E-state index in [0.717, 1.165) is 11.1 Å². The first-order valence-corrected chi connectivity index (χ1v) is 7.07. The Hall–Kier alpha value is -3.15. The van der Waals surface area contributed by atoms with Crippen molar-refractivity contribution in [2.45, 2.75) is 6.54 Å². The maximum Gasteiger partial charge on any atom is 0.337 e. The monoisotopic (exact) mass is 309 g/mol. The highest BCUT2D eigenvalue weighted by molar-refractivity contribution is 5.96. The molecule has 23 heavy (non-hydrogen) atoms. The summed E-state index contributed by atoms with van der Waals surface area (Å²) in [5, 5.41) is 7.07. The normalized spacial score (nSPS) is 10.5. The van der Waals surface area contributed by atoms with E-state index < -0.39 is 5.97 Å². The number of carbonyl (C=O) groups is 2. The number of rotatable bonds is 4. The lowest BCUT2D eigenvalue weighted by atomic mass is 10.1. The Labute approximate surface area is 132 Å². The molecule has 2 heterocycles. The van der Waals surface area contributed by atoms with E-state index in [9.17, 15) is 9.59 Å². The molecule has 2 aromatic heterocycles. The zero-order valence-corrected chi connectivity index (χ0v) is 12.5. The van der Waals surface area contributed by atoms with Gasteiger partial charge in [-0.05, 0) is 36.4 Å². The molecule has 6 heteroatoms. The first-order chi connectivity index (χ1) is 11.2. The van der Waals surface area contributed by atoms with Crippen molar-refractivity contribution in [3.05, 3.63) is 71.5 Å². The summed E-state index contributed by atoms with van der Waals surface area (Å²) in [5.41, 5.74) is 2.78. The molecule has 0 aliphatic carbocycles. The fourth-order valence-electron chi connectivity index (χ4n) is 2.28. The van der Waals surface area contributed by atoms with Gasteiger partial charge in [0, 0.05) is 23.9 Å². The highest BCUT2D eigenvalue weighted by Crippen LogP contribution is 2.10. The predicted octanol–water partition coefficient (Wildman–Crippen LogP) is 2.05. The van der Waals surface area contributed by atoms with Gasteiger partial charge in [0.25, 0.3) is 5.91 Å². The van der Waals surface area contributed by atoms with Crippen LogP contribution in [0, 0.1) is 0 Å². The Morgan fingerprint density at radius 2 is 1.87 bits per heavy atom. The topological polar surface area (TPSA) is 72.7 Å². The highest BCUT2D eigenvalue weighted by Gasteiger charge is 2.10. The second-order valence-electron chi connectivity index (χ2n) is 4.95. The molecule has 1 N–H and O–H groups in total. The van der Waals surface area contributed by atoms with Crippen LogP contribution in [0.2, 0.25) is 0 Å². The third-order valence-electron chi connectivity index (χ3n) is 3.51. The van der Waals surface area contributed by atoms with Crippen LogP contribution < -0.4 is 5.32 Å². The standard InChI is InChI=1S/C17H15N3O3/c1-23-17(22)13-7-5-12(6-8-13)16(21)18-10-14-11-19-20-9-3-2-4-15(14)20/h2-9,11H,10H2,1H3,(H,18,21). The van der Waals surface area contributed by atoms with Crippen molar-refractivity contribution in [2.24, 2.45) is 0 Å². The Bertz CT molecular complexity index is 853. The lowest BCUT2D eigenvalue weighted by molar-refractivity contribution is 0.0600. The molecule has 0 saturated heterocycles. The van der Waals surface area contributed by atoms with Gasteiger partial charge in [-0.2, -0.15) is 5.10 Å². The van der Waals surface area contributed by atoms with Gasteiger partial charge >= 0.3 is 5.97 Å². The first-order valence-electron chi connectivity index (χ1n) is 7.07. The molecule has 3 aromatic rings. The minimum atomic E-state index is -0.427. The summed E-state index contributed by atoms with van der Waals surface area (Å²) < 4.78 is 6.38. The molecular formula is C17H15N3O3. The number of carbonyl (C=O) groups excluding carboxylic acids is 2. The van der Waals surface area contributed by atoms with Gasteiger partial charge in [0.2, 0.25) is 0 Å². The third-order valence-corrected chi connectivity index (χ3v) is 3.51. The number of fused-ring (bicyclic) bond motifs is 1. The summed E-state index contributed by atoms with van der Waals surface area (Å²) in [4.78, 5) is 23.5. The van der Waals surface area contributed by atoms with E-state index in [-0.39, 0.29) is 5.91 Å². The highest BCUT2D eigenvalue weighted by atomic mass is 16.5. The molecule has 3 rings (SSSR count). The van der Waals surface area contributed by atoms with Crippen molar-refractivity contribution >= 4 is 17.4 Å². The fraction of sp³-hybridized carbons (Fsp3) is 0.118. The Morgan fingerprint density at radius 1 is 1.13 bits per heavy atom. The summed E-state index contributed by atoms with van der Waals surface area (Å²) in [6, 6.07) is 12.1. The van der Waals surface area contributed by atoms with E-state index in [2.05, 4.69) is 15.2 Å². The molecular weight excluding hydrogens is 294 g/mol. The van der Waals surface area contributed by atoms with Gasteiger partial charge in [-0.15, -0.1) is 0 Å². The number of amides is 1. The van der Waals surface area contributed by atoms with Crippen LogP contribution in [0.15, 0.2) is 54.9 Å². The van der Waals surface area contributed by atoms with Crippen molar-refractivity contribution in [2.75, 3.05) is 7.11 Å². The lowest BCUT2D eigenvalue weighted by Gasteiger charge is -2.05. The number of aromatic nitrogens is 2. The van der Waals surface area contributed by atoms with E-state index in [4.69, 9.17) is 0 Å². The number of methoxy groups -OCH3 is 1. The van der Waals surface area contributed by atoms with Crippen LogP contribution in [0.4, 0.5) is 0 Å². The number of benzene rings is 1. The zero-order chi connectivity index (χ0) is 16.2. The summed E-state index contributed by atoms with van der Waals surface area (Å²) >= 11 is 0. The maximum absolute atomic E-state index is 12.2. The van der Waals surface area contributed by atoms with Gasteiger partial charge < -0.3 is 10.1 Å². The van der Waals surface area contributed by atoms with Crippen LogP contribution >= 0.6 is 0 Å². The molecule has 0 atom stereocenters. The van der Waals surface area contributed by atoms with Crippen LogP contribution in [0.25, 0.3) is 5.52 Å². The van der Waals surface area contributed by atoms with Crippen LogP contribution in [0.5, 0.6) is 0 Å². The number of hydrogen-bond donors (Lipinski definition) is 1. The zero-order valence-electron chi connectivity index (χ0n) is 12.5. The van der Waals surface area contributed by atoms with Crippen LogP contribution in [-0.4, -0.2) is 28.6 Å². The van der Waals surface area contributed by atoms with E-state index in [1.165, 1.54) is 7.11 Å². The summed E-state index contributed by atoms with van der Waals surface area (Å²) in [5.74, 6) is -0.639. The molecule has 0 spiro atoms. The van der Waals surface area contributed by atoms with Crippen LogP contribution in [-0.2, 0) is 11.3 Å². The van der Waals surface area contributed by atoms with Gasteiger partial charge in [-0.3, -0.25) is 4.79 Å². The van der Waals surface area contributed by atoms with Crippen molar-refractivity contribution in [1.29, 1.82) is 0 Å². The van der Waals surface area contributed by atoms with Gasteiger partial charge in [-0.1, -0.05) is 6.07 Å². The van der Waals surface area contributed by atoms with Crippen molar-refractivity contribution in [3.8, 4) is 0 Å². The Morgan fingerprint density at radius 3 is 2.61 bits per heavy atom. The van der Waals surface area contributed by atoms with E-state index in [0.29, 0.717) is 17.7 Å². The predicted molar refractivity (Wildman–Crippen MR) is 84.1 cm³/mol. The smallest absolute Gasteiger partial charge is 0.337 e. The molecule has 0 fully saturated rings. The average Bonchev–Trinajstić information content (AvgIpc) is 3.02. The van der Waals surface area contributed by atoms with Crippen molar-refractivity contribution < 1.29 is 14.3 Å². The van der Waals surface area contributed by atoms with Gasteiger partial charge in [0.05, 0.1) is 24.4 Å². The second-order valence-corrected chi connectivity index (χ2v) is 4.95. The summed E-state index contributed by atoms with van der Waals surface area (Å²) in [6.45, 7) is 0.380. The number of nitrogens with zero attached hydrogens (tertiary/aromatic N) is 2. The maximum atomic E-state index is 12.2. The molecule has 116 valence electrons. The SMILES string of the molecule is COC(=O)c1ccc(C(=O)NCc2cnn3ccccc23)cc1. The van der Waals surface area contributed by atoms with E-state index in [1.807, 2.05) is 24.4 Å². The molecule has 0 bridgehead atoms. The van der Waals surface area contributed by atoms with Crippen molar-refractivity contribution in [1.82, 2.24) is 14.9 Å². The van der Waals surface area contributed by atoms with Gasteiger partial charge in [-0.25, -0.2) is 9.31 Å². The number of ether oxygens (including phenoxy) is 1. The number of esters is 1. The molecule has 0 unspecified atom stereocenters. The molecule has 1 aromatic carbocycles.